The second kappa shape index (κ2) is 8.24. The normalized spacial score (nSPS) is 11.2. The highest BCUT2D eigenvalue weighted by Gasteiger charge is 2.25. The molecule has 2 aromatic heterocycles. The predicted molar refractivity (Wildman–Crippen MR) is 115 cm³/mol. The Morgan fingerprint density at radius 3 is 2.41 bits per heavy atom. The van der Waals surface area contributed by atoms with E-state index >= 15 is 0 Å². The molecule has 0 aliphatic rings. The van der Waals surface area contributed by atoms with Gasteiger partial charge in [-0.2, -0.15) is 0 Å². The Hall–Kier alpha value is -2.87. The first kappa shape index (κ1) is 20.9. The molecule has 0 saturated heterocycles. The summed E-state index contributed by atoms with van der Waals surface area (Å²) in [5.41, 5.74) is 0.201. The third-order valence-corrected chi connectivity index (χ3v) is 5.70. The number of amides is 1. The fraction of sp³-hybridized carbons (Fsp3) is 0.381. The number of carbonyl (C=O) groups is 1. The van der Waals surface area contributed by atoms with E-state index in [2.05, 4.69) is 0 Å². The maximum absolute atomic E-state index is 13.0. The molecule has 0 atom stereocenters. The summed E-state index contributed by atoms with van der Waals surface area (Å²) in [6.45, 7) is 4.49. The lowest BCUT2D eigenvalue weighted by molar-refractivity contribution is 0.172. The summed E-state index contributed by atoms with van der Waals surface area (Å²) in [4.78, 5) is 40.6. The molecule has 0 fully saturated rings. The van der Waals surface area contributed by atoms with Gasteiger partial charge in [-0.3, -0.25) is 13.9 Å². The van der Waals surface area contributed by atoms with Crippen molar-refractivity contribution in [2.75, 3.05) is 14.1 Å². The lowest BCUT2D eigenvalue weighted by atomic mass is 10.1. The minimum atomic E-state index is -0.567. The first-order valence-corrected chi connectivity index (χ1v) is 10.2. The molecular weight excluding hydrogens is 390 g/mol. The van der Waals surface area contributed by atoms with E-state index in [0.717, 1.165) is 15.0 Å². The van der Waals surface area contributed by atoms with Crippen molar-refractivity contribution >= 4 is 27.6 Å². The fourth-order valence-corrected chi connectivity index (χ4v) is 4.32. The van der Waals surface area contributed by atoms with Crippen LogP contribution in [0.3, 0.4) is 0 Å². The highest BCUT2D eigenvalue weighted by Crippen LogP contribution is 2.37. The monoisotopic (exact) mass is 415 g/mol. The Bertz CT molecular complexity index is 1160. The first-order chi connectivity index (χ1) is 13.7. The van der Waals surface area contributed by atoms with Gasteiger partial charge in [-0.05, 0) is 11.5 Å². The van der Waals surface area contributed by atoms with Crippen LogP contribution in [-0.2, 0) is 20.0 Å². The van der Waals surface area contributed by atoms with E-state index in [1.807, 2.05) is 44.2 Å². The van der Waals surface area contributed by atoms with Crippen molar-refractivity contribution in [3.8, 4) is 5.75 Å². The average Bonchev–Trinajstić information content (AvgIpc) is 3.02. The van der Waals surface area contributed by atoms with Gasteiger partial charge in [0, 0.05) is 34.1 Å². The Kier molecular flexibility index (Phi) is 5.93. The van der Waals surface area contributed by atoms with Crippen LogP contribution in [0.4, 0.5) is 4.79 Å². The smallest absolute Gasteiger partial charge is 0.408 e. The summed E-state index contributed by atoms with van der Waals surface area (Å²) >= 11 is 1.33. The molecule has 0 aliphatic heterocycles. The molecule has 29 heavy (non-hydrogen) atoms. The molecule has 0 saturated carbocycles. The van der Waals surface area contributed by atoms with Crippen LogP contribution < -0.4 is 16.0 Å². The first-order valence-electron chi connectivity index (χ1n) is 9.39. The minimum absolute atomic E-state index is 0.209. The second-order valence-corrected chi connectivity index (χ2v) is 8.69. The molecule has 0 radical (unpaired) electrons. The van der Waals surface area contributed by atoms with Crippen molar-refractivity contribution in [1.82, 2.24) is 14.0 Å². The van der Waals surface area contributed by atoms with Crippen LogP contribution in [0.5, 0.6) is 5.75 Å². The van der Waals surface area contributed by atoms with E-state index in [1.54, 1.807) is 18.7 Å². The average molecular weight is 416 g/mol. The molecule has 7 nitrogen and oxygen atoms in total. The van der Waals surface area contributed by atoms with Gasteiger partial charge >= 0.3 is 11.8 Å². The third-order valence-electron chi connectivity index (χ3n) is 4.51. The molecule has 3 aromatic rings. The summed E-state index contributed by atoms with van der Waals surface area (Å²) in [6, 6.07) is 9.74. The zero-order chi connectivity index (χ0) is 21.3. The number of carbonyl (C=O) groups excluding carboxylic acids is 1. The number of fused-ring (bicyclic) bond motifs is 1. The van der Waals surface area contributed by atoms with Crippen LogP contribution in [0.15, 0.2) is 39.9 Å². The summed E-state index contributed by atoms with van der Waals surface area (Å²) in [5.74, 6) is 0.450. The molecule has 0 N–H and O–H groups in total. The molecule has 3 rings (SSSR count). The third kappa shape index (κ3) is 4.12. The molecule has 2 heterocycles. The fourth-order valence-electron chi connectivity index (χ4n) is 3.06. The van der Waals surface area contributed by atoms with Crippen LogP contribution in [0.1, 0.15) is 24.3 Å². The zero-order valence-electron chi connectivity index (χ0n) is 17.3. The van der Waals surface area contributed by atoms with Gasteiger partial charge in [-0.1, -0.05) is 44.2 Å². The van der Waals surface area contributed by atoms with Gasteiger partial charge in [0.1, 0.15) is 10.2 Å². The quantitative estimate of drug-likeness (QED) is 0.642. The van der Waals surface area contributed by atoms with E-state index in [4.69, 9.17) is 4.74 Å². The zero-order valence-corrected chi connectivity index (χ0v) is 18.1. The van der Waals surface area contributed by atoms with Crippen LogP contribution in [0.25, 0.3) is 10.2 Å². The lowest BCUT2D eigenvalue weighted by Crippen LogP contribution is -2.38. The molecule has 8 heteroatoms. The second-order valence-electron chi connectivity index (χ2n) is 7.61. The van der Waals surface area contributed by atoms with Gasteiger partial charge in [-0.15, -0.1) is 11.3 Å². The van der Waals surface area contributed by atoms with Crippen LogP contribution >= 0.6 is 11.3 Å². The maximum atomic E-state index is 13.0. The number of hydrogen-bond acceptors (Lipinski definition) is 5. The van der Waals surface area contributed by atoms with E-state index in [9.17, 15) is 14.4 Å². The van der Waals surface area contributed by atoms with Gasteiger partial charge in [0.25, 0.3) is 5.56 Å². The lowest BCUT2D eigenvalue weighted by Gasteiger charge is -2.13. The highest BCUT2D eigenvalue weighted by atomic mass is 32.1. The molecule has 1 amide bonds. The van der Waals surface area contributed by atoms with Gasteiger partial charge in [-0.25, -0.2) is 9.59 Å². The minimum Gasteiger partial charge on any atom is -0.408 e. The molecule has 0 unspecified atom stereocenters. The number of aromatic nitrogens is 2. The van der Waals surface area contributed by atoms with Crippen molar-refractivity contribution in [2.24, 2.45) is 13.0 Å². The number of rotatable bonds is 5. The topological polar surface area (TPSA) is 73.5 Å². The van der Waals surface area contributed by atoms with E-state index in [0.29, 0.717) is 17.8 Å². The number of ether oxygens (including phenoxy) is 1. The largest absolute Gasteiger partial charge is 0.414 e. The summed E-state index contributed by atoms with van der Waals surface area (Å²) < 4.78 is 8.32. The maximum Gasteiger partial charge on any atom is 0.414 e. The molecule has 0 aliphatic carbocycles. The Morgan fingerprint density at radius 2 is 1.83 bits per heavy atom. The molecule has 0 bridgehead atoms. The van der Waals surface area contributed by atoms with Crippen molar-refractivity contribution in [1.29, 1.82) is 0 Å². The SMILES string of the molecule is CC(C)Cn1c(=O)n(C)c(=O)c2c(OC(=O)N(C)C)c(Cc3ccccc3)sc21. The molecule has 0 spiro atoms. The molecule has 1 aromatic carbocycles. The Labute approximate surface area is 172 Å². The van der Waals surface area contributed by atoms with Crippen LogP contribution in [-0.4, -0.2) is 34.2 Å². The highest BCUT2D eigenvalue weighted by molar-refractivity contribution is 7.19. The van der Waals surface area contributed by atoms with Crippen molar-refractivity contribution in [3.63, 3.8) is 0 Å². The summed E-state index contributed by atoms with van der Waals surface area (Å²) in [6.07, 6.45) is -0.0717. The predicted octanol–water partition coefficient (Wildman–Crippen LogP) is 3.07. The standard InChI is InChI=1S/C21H25N3O4S/c1-13(2)12-24-19-16(18(25)23(5)20(24)26)17(28-21(27)22(3)4)15(29-19)11-14-9-7-6-8-10-14/h6-10,13H,11-12H2,1-5H3. The number of benzene rings is 1. The van der Waals surface area contributed by atoms with Crippen LogP contribution in [0.2, 0.25) is 0 Å². The molecular formula is C21H25N3O4S. The van der Waals surface area contributed by atoms with E-state index < -0.39 is 11.7 Å². The van der Waals surface area contributed by atoms with E-state index in [-0.39, 0.29) is 22.7 Å². The van der Waals surface area contributed by atoms with Crippen LogP contribution in [0, 0.1) is 5.92 Å². The van der Waals surface area contributed by atoms with Gasteiger partial charge in [0.2, 0.25) is 0 Å². The summed E-state index contributed by atoms with van der Waals surface area (Å²) in [5, 5.41) is 0.277. The Morgan fingerprint density at radius 1 is 1.17 bits per heavy atom. The number of nitrogens with zero attached hydrogens (tertiary/aromatic N) is 3. The van der Waals surface area contributed by atoms with Crippen molar-refractivity contribution < 1.29 is 9.53 Å². The Balaban J connectivity index is 2.30. The van der Waals surface area contributed by atoms with E-state index in [1.165, 1.54) is 23.3 Å². The van der Waals surface area contributed by atoms with Gasteiger partial charge < -0.3 is 9.64 Å². The number of thiophene rings is 1. The van der Waals surface area contributed by atoms with Gasteiger partial charge in [0.05, 0.1) is 4.88 Å². The summed E-state index contributed by atoms with van der Waals surface area (Å²) in [7, 11) is 4.62. The van der Waals surface area contributed by atoms with Crippen molar-refractivity contribution in [2.45, 2.75) is 26.8 Å². The van der Waals surface area contributed by atoms with Gasteiger partial charge in [0.15, 0.2) is 5.75 Å². The molecule has 154 valence electrons. The van der Waals surface area contributed by atoms with Crippen molar-refractivity contribution in [3.05, 3.63) is 61.6 Å². The number of hydrogen-bond donors (Lipinski definition) is 0.